The van der Waals surface area contributed by atoms with Crippen molar-refractivity contribution >= 4 is 5.97 Å². The molecule has 98 valence electrons. The minimum Gasteiger partial charge on any atom is -0.462 e. The number of ether oxygens (including phenoxy) is 1. The van der Waals surface area contributed by atoms with E-state index in [9.17, 15) is 4.79 Å². The summed E-state index contributed by atoms with van der Waals surface area (Å²) in [6.45, 7) is 8.10. The summed E-state index contributed by atoms with van der Waals surface area (Å²) in [5.41, 5.74) is 0.498. The summed E-state index contributed by atoms with van der Waals surface area (Å²) >= 11 is 0. The first-order chi connectivity index (χ1) is 8.13. The summed E-state index contributed by atoms with van der Waals surface area (Å²) in [5.74, 6) is 1.43. The van der Waals surface area contributed by atoms with Crippen LogP contribution in [0.5, 0.6) is 0 Å². The van der Waals surface area contributed by atoms with Crippen LogP contribution >= 0.6 is 0 Å². The lowest BCUT2D eigenvalue weighted by Crippen LogP contribution is -2.18. The number of carbonyl (C=O) groups is 1. The van der Waals surface area contributed by atoms with Crippen LogP contribution in [0.4, 0.5) is 0 Å². The van der Waals surface area contributed by atoms with Gasteiger partial charge in [-0.3, -0.25) is 0 Å². The van der Waals surface area contributed by atoms with Gasteiger partial charge < -0.3 is 4.74 Å². The zero-order valence-electron chi connectivity index (χ0n) is 11.3. The predicted octanol–water partition coefficient (Wildman–Crippen LogP) is 4.10. The average molecular weight is 238 g/mol. The fourth-order valence-electron chi connectivity index (χ4n) is 2.78. The van der Waals surface area contributed by atoms with E-state index in [1.807, 2.05) is 0 Å². The molecule has 0 bridgehead atoms. The Hall–Kier alpha value is -0.790. The second-order valence-electron chi connectivity index (χ2n) is 5.39. The molecular formula is C15H26O2. The lowest BCUT2D eigenvalue weighted by Gasteiger charge is -2.28. The van der Waals surface area contributed by atoms with Gasteiger partial charge in [-0.05, 0) is 31.6 Å². The van der Waals surface area contributed by atoms with E-state index in [1.165, 1.54) is 38.5 Å². The van der Waals surface area contributed by atoms with E-state index in [1.54, 1.807) is 6.92 Å². The Bertz CT molecular complexity index is 256. The van der Waals surface area contributed by atoms with Crippen LogP contribution in [0, 0.1) is 11.8 Å². The molecule has 0 aromatic heterocycles. The SMILES string of the molecule is C=C(C)C(=O)OCCC1CCCC(CCC)C1. The number of carbonyl (C=O) groups excluding carboxylic acids is 1. The van der Waals surface area contributed by atoms with E-state index in [4.69, 9.17) is 4.74 Å². The Balaban J connectivity index is 2.18. The molecule has 0 aliphatic heterocycles. The van der Waals surface area contributed by atoms with Crippen LogP contribution < -0.4 is 0 Å². The molecular weight excluding hydrogens is 212 g/mol. The molecule has 1 saturated carbocycles. The van der Waals surface area contributed by atoms with Gasteiger partial charge in [0.2, 0.25) is 0 Å². The van der Waals surface area contributed by atoms with Crippen molar-refractivity contribution in [3.8, 4) is 0 Å². The zero-order chi connectivity index (χ0) is 12.7. The quantitative estimate of drug-likeness (QED) is 0.514. The van der Waals surface area contributed by atoms with E-state index in [0.717, 1.165) is 18.3 Å². The van der Waals surface area contributed by atoms with Gasteiger partial charge in [0.1, 0.15) is 0 Å². The molecule has 2 unspecified atom stereocenters. The highest BCUT2D eigenvalue weighted by molar-refractivity contribution is 5.86. The maximum absolute atomic E-state index is 11.2. The predicted molar refractivity (Wildman–Crippen MR) is 70.7 cm³/mol. The van der Waals surface area contributed by atoms with Crippen LogP contribution in [0.15, 0.2) is 12.2 Å². The van der Waals surface area contributed by atoms with E-state index in [0.29, 0.717) is 12.2 Å². The lowest BCUT2D eigenvalue weighted by atomic mass is 9.78. The van der Waals surface area contributed by atoms with Crippen molar-refractivity contribution in [3.05, 3.63) is 12.2 Å². The Morgan fingerprint density at radius 3 is 2.53 bits per heavy atom. The second-order valence-corrected chi connectivity index (χ2v) is 5.39. The van der Waals surface area contributed by atoms with Crippen molar-refractivity contribution in [1.29, 1.82) is 0 Å². The van der Waals surface area contributed by atoms with Crippen molar-refractivity contribution in [2.24, 2.45) is 11.8 Å². The fourth-order valence-corrected chi connectivity index (χ4v) is 2.78. The molecule has 17 heavy (non-hydrogen) atoms. The molecule has 1 fully saturated rings. The lowest BCUT2D eigenvalue weighted by molar-refractivity contribution is -0.139. The van der Waals surface area contributed by atoms with Crippen LogP contribution in [-0.4, -0.2) is 12.6 Å². The highest BCUT2D eigenvalue weighted by atomic mass is 16.5. The summed E-state index contributed by atoms with van der Waals surface area (Å²) in [7, 11) is 0. The minimum absolute atomic E-state index is 0.245. The third-order valence-electron chi connectivity index (χ3n) is 3.70. The molecule has 2 heteroatoms. The van der Waals surface area contributed by atoms with Crippen molar-refractivity contribution in [3.63, 3.8) is 0 Å². The van der Waals surface area contributed by atoms with E-state index in [2.05, 4.69) is 13.5 Å². The van der Waals surface area contributed by atoms with Crippen molar-refractivity contribution in [2.45, 2.75) is 58.8 Å². The monoisotopic (exact) mass is 238 g/mol. The molecule has 0 saturated heterocycles. The highest BCUT2D eigenvalue weighted by Crippen LogP contribution is 2.33. The van der Waals surface area contributed by atoms with Gasteiger partial charge in [-0.25, -0.2) is 4.79 Å². The molecule has 2 atom stereocenters. The molecule has 0 amide bonds. The van der Waals surface area contributed by atoms with Gasteiger partial charge in [-0.2, -0.15) is 0 Å². The van der Waals surface area contributed by atoms with Crippen molar-refractivity contribution < 1.29 is 9.53 Å². The standard InChI is InChI=1S/C15H26O2/c1-4-6-13-7-5-8-14(11-13)9-10-17-15(16)12(2)3/h13-14H,2,4-11H2,1,3H3. The van der Waals surface area contributed by atoms with Gasteiger partial charge in [-0.15, -0.1) is 0 Å². The molecule has 0 radical (unpaired) electrons. The summed E-state index contributed by atoms with van der Waals surface area (Å²) in [4.78, 5) is 11.2. The molecule has 1 rings (SSSR count). The van der Waals surface area contributed by atoms with Crippen LogP contribution in [0.2, 0.25) is 0 Å². The number of hydrogen-bond donors (Lipinski definition) is 0. The summed E-state index contributed by atoms with van der Waals surface area (Å²) in [5, 5.41) is 0. The van der Waals surface area contributed by atoms with Crippen LogP contribution in [0.3, 0.4) is 0 Å². The Morgan fingerprint density at radius 2 is 1.94 bits per heavy atom. The van der Waals surface area contributed by atoms with Gasteiger partial charge in [0.05, 0.1) is 6.61 Å². The largest absolute Gasteiger partial charge is 0.462 e. The molecule has 0 heterocycles. The Morgan fingerprint density at radius 1 is 1.29 bits per heavy atom. The number of hydrogen-bond acceptors (Lipinski definition) is 2. The number of rotatable bonds is 6. The van der Waals surface area contributed by atoms with Crippen LogP contribution in [0.25, 0.3) is 0 Å². The number of esters is 1. The first kappa shape index (κ1) is 14.3. The fraction of sp³-hybridized carbons (Fsp3) is 0.800. The van der Waals surface area contributed by atoms with Gasteiger partial charge in [0.15, 0.2) is 0 Å². The molecule has 1 aliphatic carbocycles. The van der Waals surface area contributed by atoms with Crippen LogP contribution in [-0.2, 0) is 9.53 Å². The van der Waals surface area contributed by atoms with Crippen molar-refractivity contribution in [1.82, 2.24) is 0 Å². The summed E-state index contributed by atoms with van der Waals surface area (Å²) < 4.78 is 5.16. The topological polar surface area (TPSA) is 26.3 Å². The highest BCUT2D eigenvalue weighted by Gasteiger charge is 2.21. The minimum atomic E-state index is -0.245. The van der Waals surface area contributed by atoms with Crippen molar-refractivity contribution in [2.75, 3.05) is 6.61 Å². The first-order valence-electron chi connectivity index (χ1n) is 6.96. The van der Waals surface area contributed by atoms with E-state index in [-0.39, 0.29) is 5.97 Å². The maximum Gasteiger partial charge on any atom is 0.333 e. The second kappa shape index (κ2) is 7.52. The molecule has 0 aromatic carbocycles. The summed E-state index contributed by atoms with van der Waals surface area (Å²) in [6.07, 6.45) is 9.08. The van der Waals surface area contributed by atoms with E-state index >= 15 is 0 Å². The Labute approximate surface area is 105 Å². The van der Waals surface area contributed by atoms with Gasteiger partial charge in [0, 0.05) is 5.57 Å². The third kappa shape index (κ3) is 5.38. The molecule has 2 nitrogen and oxygen atoms in total. The summed E-state index contributed by atoms with van der Waals surface area (Å²) in [6, 6.07) is 0. The normalized spacial score (nSPS) is 24.4. The molecule has 0 N–H and O–H groups in total. The first-order valence-corrected chi connectivity index (χ1v) is 6.96. The molecule has 1 aliphatic rings. The van der Waals surface area contributed by atoms with Gasteiger partial charge in [0.25, 0.3) is 0 Å². The molecule has 0 aromatic rings. The van der Waals surface area contributed by atoms with Gasteiger partial charge >= 0.3 is 5.97 Å². The Kier molecular flexibility index (Phi) is 6.31. The smallest absolute Gasteiger partial charge is 0.333 e. The molecule has 0 spiro atoms. The zero-order valence-corrected chi connectivity index (χ0v) is 11.3. The van der Waals surface area contributed by atoms with Gasteiger partial charge in [-0.1, -0.05) is 45.6 Å². The average Bonchev–Trinajstić information content (AvgIpc) is 2.29. The third-order valence-corrected chi connectivity index (χ3v) is 3.70. The van der Waals surface area contributed by atoms with E-state index < -0.39 is 0 Å². The maximum atomic E-state index is 11.2. The van der Waals surface area contributed by atoms with Crippen LogP contribution in [0.1, 0.15) is 58.8 Å².